The molecule has 0 bridgehead atoms. The molecule has 0 fully saturated rings. The van der Waals surface area contributed by atoms with Gasteiger partial charge in [0.25, 0.3) is 0 Å². The van der Waals surface area contributed by atoms with E-state index >= 15 is 0 Å². The molecule has 2 aliphatic rings. The minimum atomic E-state index is -0.382. The lowest BCUT2D eigenvalue weighted by molar-refractivity contribution is 0.223. The van der Waals surface area contributed by atoms with Gasteiger partial charge in [0.1, 0.15) is 23.7 Å². The molecule has 0 unspecified atom stereocenters. The van der Waals surface area contributed by atoms with Crippen molar-refractivity contribution in [2.24, 2.45) is 0 Å². The highest BCUT2D eigenvalue weighted by molar-refractivity contribution is 7.98. The van der Waals surface area contributed by atoms with Crippen LogP contribution in [0.15, 0.2) is 83.5 Å². The summed E-state index contributed by atoms with van der Waals surface area (Å²) >= 11 is 7.84. The normalized spacial score (nSPS) is 18.6. The van der Waals surface area contributed by atoms with Crippen molar-refractivity contribution in [1.82, 2.24) is 14.8 Å². The van der Waals surface area contributed by atoms with E-state index in [0.717, 1.165) is 33.7 Å². The van der Waals surface area contributed by atoms with Gasteiger partial charge in [-0.25, -0.2) is 9.07 Å². The second kappa shape index (κ2) is 7.93. The summed E-state index contributed by atoms with van der Waals surface area (Å²) in [5.41, 5.74) is 4.60. The average molecular weight is 477 g/mol. The summed E-state index contributed by atoms with van der Waals surface area (Å²) in [6.07, 6.45) is 1.56. The van der Waals surface area contributed by atoms with E-state index in [4.69, 9.17) is 21.4 Å². The Balaban J connectivity index is 1.64. The van der Waals surface area contributed by atoms with E-state index in [-0.39, 0.29) is 18.0 Å². The van der Waals surface area contributed by atoms with Crippen molar-refractivity contribution >= 4 is 35.0 Å². The molecular formula is C25H18ClFN4OS. The Bertz CT molecular complexity index is 1390. The molecule has 0 aliphatic carbocycles. The van der Waals surface area contributed by atoms with E-state index in [1.165, 1.54) is 23.9 Å². The van der Waals surface area contributed by atoms with Gasteiger partial charge in [0.15, 0.2) is 0 Å². The van der Waals surface area contributed by atoms with E-state index < -0.39 is 0 Å². The van der Waals surface area contributed by atoms with Gasteiger partial charge < -0.3 is 10.1 Å². The SMILES string of the molecule is CSc1nc2n(n1)[C@@H](c1ccc(F)cc1)C1=C(N2)c2cc(Cl)ccc2O[C@@H]1c1ccccc1. The number of nitrogens with zero attached hydrogens (tertiary/aromatic N) is 3. The van der Waals surface area contributed by atoms with Crippen LogP contribution in [-0.4, -0.2) is 21.0 Å². The van der Waals surface area contributed by atoms with Gasteiger partial charge in [-0.1, -0.05) is 65.8 Å². The van der Waals surface area contributed by atoms with Crippen LogP contribution in [-0.2, 0) is 0 Å². The molecule has 3 aromatic carbocycles. The molecule has 3 heterocycles. The van der Waals surface area contributed by atoms with Crippen molar-refractivity contribution in [1.29, 1.82) is 0 Å². The highest BCUT2D eigenvalue weighted by Gasteiger charge is 2.41. The van der Waals surface area contributed by atoms with Crippen molar-refractivity contribution in [3.63, 3.8) is 0 Å². The largest absolute Gasteiger partial charge is 0.480 e. The maximum atomic E-state index is 13.8. The fourth-order valence-corrected chi connectivity index (χ4v) is 4.96. The quantitative estimate of drug-likeness (QED) is 0.349. The van der Waals surface area contributed by atoms with Crippen LogP contribution in [0.5, 0.6) is 5.75 Å². The molecular weight excluding hydrogens is 459 g/mol. The third-order valence-electron chi connectivity index (χ3n) is 5.89. The molecule has 2 atom stereocenters. The standard InChI is InChI=1S/C25H18ClFN4OS/c1-33-25-29-24-28-21-18-13-16(26)9-12-19(18)32-23(15-5-3-2-4-6-15)20(21)22(31(24)30-25)14-7-10-17(27)11-8-14/h2-13,22-23H,1H3,(H,28,29,30)/t22-,23+/m0/s1. The van der Waals surface area contributed by atoms with Crippen molar-refractivity contribution < 1.29 is 9.13 Å². The maximum absolute atomic E-state index is 13.8. The number of ether oxygens (including phenoxy) is 1. The van der Waals surface area contributed by atoms with Crippen LogP contribution in [0.25, 0.3) is 5.70 Å². The Morgan fingerprint density at radius 3 is 2.58 bits per heavy atom. The Labute approximate surface area is 199 Å². The zero-order valence-corrected chi connectivity index (χ0v) is 19.1. The average Bonchev–Trinajstić information content (AvgIpc) is 3.26. The maximum Gasteiger partial charge on any atom is 0.227 e. The number of rotatable bonds is 3. The molecule has 0 saturated carbocycles. The van der Waals surface area contributed by atoms with Gasteiger partial charge in [-0.2, -0.15) is 4.98 Å². The molecule has 1 N–H and O–H groups in total. The van der Waals surface area contributed by atoms with Gasteiger partial charge in [-0.3, -0.25) is 0 Å². The fourth-order valence-electron chi connectivity index (χ4n) is 4.44. The zero-order chi connectivity index (χ0) is 22.5. The van der Waals surface area contributed by atoms with Crippen LogP contribution in [0.3, 0.4) is 0 Å². The minimum Gasteiger partial charge on any atom is -0.480 e. The van der Waals surface area contributed by atoms with Crippen molar-refractivity contribution in [3.8, 4) is 5.75 Å². The molecule has 2 aliphatic heterocycles. The van der Waals surface area contributed by atoms with Crippen LogP contribution >= 0.6 is 23.4 Å². The van der Waals surface area contributed by atoms with Crippen molar-refractivity contribution in [2.45, 2.75) is 17.3 Å². The first-order valence-electron chi connectivity index (χ1n) is 10.4. The van der Waals surface area contributed by atoms with E-state index in [9.17, 15) is 4.39 Å². The van der Waals surface area contributed by atoms with E-state index in [1.807, 2.05) is 59.5 Å². The summed E-state index contributed by atoms with van der Waals surface area (Å²) in [4.78, 5) is 4.67. The monoisotopic (exact) mass is 476 g/mol. The number of hydrogen-bond donors (Lipinski definition) is 1. The third kappa shape index (κ3) is 3.39. The number of anilines is 1. The van der Waals surface area contributed by atoms with Crippen LogP contribution in [0.1, 0.15) is 28.8 Å². The van der Waals surface area contributed by atoms with Gasteiger partial charge in [0, 0.05) is 16.2 Å². The van der Waals surface area contributed by atoms with Crippen molar-refractivity contribution in [2.75, 3.05) is 11.6 Å². The summed E-state index contributed by atoms with van der Waals surface area (Å²) in [6, 6.07) is 21.8. The second-order valence-electron chi connectivity index (χ2n) is 7.83. The fraction of sp³-hybridized carbons (Fsp3) is 0.120. The predicted octanol–water partition coefficient (Wildman–Crippen LogP) is 6.35. The Morgan fingerprint density at radius 1 is 1.03 bits per heavy atom. The van der Waals surface area contributed by atoms with Crippen LogP contribution in [0.2, 0.25) is 5.02 Å². The number of benzene rings is 3. The number of fused-ring (bicyclic) bond motifs is 3. The number of aromatic nitrogens is 3. The van der Waals surface area contributed by atoms with Gasteiger partial charge >= 0.3 is 0 Å². The molecule has 6 rings (SSSR count). The lowest BCUT2D eigenvalue weighted by Crippen LogP contribution is -2.32. The van der Waals surface area contributed by atoms with Crippen LogP contribution < -0.4 is 10.1 Å². The third-order valence-corrected chi connectivity index (χ3v) is 6.66. The molecule has 4 aromatic rings. The van der Waals surface area contributed by atoms with Gasteiger partial charge in [0.2, 0.25) is 11.1 Å². The van der Waals surface area contributed by atoms with Crippen LogP contribution in [0.4, 0.5) is 10.3 Å². The van der Waals surface area contributed by atoms with Crippen molar-refractivity contribution in [3.05, 3.63) is 106 Å². The first-order valence-corrected chi connectivity index (χ1v) is 12.0. The number of thioether (sulfide) groups is 1. The number of nitrogens with one attached hydrogen (secondary N) is 1. The minimum absolute atomic E-state index is 0.290. The molecule has 164 valence electrons. The predicted molar refractivity (Wildman–Crippen MR) is 128 cm³/mol. The Kier molecular flexibility index (Phi) is 4.89. The molecule has 5 nitrogen and oxygen atoms in total. The highest BCUT2D eigenvalue weighted by Crippen LogP contribution is 2.51. The van der Waals surface area contributed by atoms with Crippen LogP contribution in [0, 0.1) is 5.82 Å². The molecule has 0 amide bonds. The highest BCUT2D eigenvalue weighted by atomic mass is 35.5. The van der Waals surface area contributed by atoms with E-state index in [2.05, 4.69) is 10.3 Å². The summed E-state index contributed by atoms with van der Waals surface area (Å²) in [7, 11) is 0. The summed E-state index contributed by atoms with van der Waals surface area (Å²) < 4.78 is 22.2. The van der Waals surface area contributed by atoms with E-state index in [0.29, 0.717) is 16.1 Å². The molecule has 8 heteroatoms. The first kappa shape index (κ1) is 20.3. The molecule has 0 radical (unpaired) electrons. The number of halogens is 2. The van der Waals surface area contributed by atoms with Gasteiger partial charge in [0.05, 0.1) is 5.70 Å². The number of hydrogen-bond acceptors (Lipinski definition) is 5. The smallest absolute Gasteiger partial charge is 0.227 e. The van der Waals surface area contributed by atoms with Gasteiger partial charge in [-0.15, -0.1) is 5.10 Å². The Hall–Kier alpha value is -3.29. The molecule has 33 heavy (non-hydrogen) atoms. The Morgan fingerprint density at radius 2 is 1.82 bits per heavy atom. The molecule has 0 saturated heterocycles. The molecule has 1 aromatic heterocycles. The second-order valence-corrected chi connectivity index (χ2v) is 9.03. The summed E-state index contributed by atoms with van der Waals surface area (Å²) in [5, 5.41) is 9.49. The topological polar surface area (TPSA) is 52.0 Å². The zero-order valence-electron chi connectivity index (χ0n) is 17.5. The lowest BCUT2D eigenvalue weighted by Gasteiger charge is -2.39. The first-order chi connectivity index (χ1) is 16.1. The summed E-state index contributed by atoms with van der Waals surface area (Å²) in [6.45, 7) is 0. The van der Waals surface area contributed by atoms with Gasteiger partial charge in [-0.05, 0) is 47.7 Å². The lowest BCUT2D eigenvalue weighted by atomic mass is 9.84. The molecule has 0 spiro atoms. The van der Waals surface area contributed by atoms with E-state index in [1.54, 1.807) is 12.1 Å². The summed E-state index contributed by atoms with van der Waals surface area (Å²) in [5.74, 6) is 1.06.